The van der Waals surface area contributed by atoms with Crippen LogP contribution in [0.5, 0.6) is 0 Å². The van der Waals surface area contributed by atoms with Crippen LogP contribution in [0.4, 0.5) is 5.82 Å². The Hall–Kier alpha value is -1.45. The number of sulfonamides is 1. The molecule has 3 N–H and O–H groups in total. The Balaban J connectivity index is 2.26. The molecule has 0 amide bonds. The number of anilines is 1. The molecule has 2 aromatic rings. The molecule has 0 bridgehead atoms. The summed E-state index contributed by atoms with van der Waals surface area (Å²) in [5.41, 5.74) is 6.95. The van der Waals surface area contributed by atoms with Crippen molar-refractivity contribution < 1.29 is 12.9 Å². The van der Waals surface area contributed by atoms with Crippen LogP contribution < -0.4 is 10.5 Å². The number of hydrogen-bond acceptors (Lipinski definition) is 6. The van der Waals surface area contributed by atoms with E-state index < -0.39 is 10.0 Å². The topological polar surface area (TPSA) is 111 Å². The van der Waals surface area contributed by atoms with Crippen LogP contribution in [0.25, 0.3) is 0 Å². The summed E-state index contributed by atoms with van der Waals surface area (Å²) in [7, 11) is -3.76. The van der Waals surface area contributed by atoms with E-state index in [0.29, 0.717) is 21.5 Å². The number of nitrogens with one attached hydrogen (secondary N) is 1. The number of hydrogen-bond donors (Lipinski definition) is 2. The van der Waals surface area contributed by atoms with Crippen LogP contribution >= 0.6 is 15.9 Å². The second-order valence-electron chi connectivity index (χ2n) is 4.16. The van der Waals surface area contributed by atoms with Crippen molar-refractivity contribution >= 4 is 31.8 Å². The van der Waals surface area contributed by atoms with Crippen molar-refractivity contribution in [3.05, 3.63) is 33.8 Å². The number of nitrogen functional groups attached to an aromatic ring is 1. The molecule has 0 fully saturated rings. The molecule has 0 spiro atoms. The van der Waals surface area contributed by atoms with Crippen molar-refractivity contribution in [1.29, 1.82) is 0 Å². The zero-order valence-corrected chi connectivity index (χ0v) is 13.2. The van der Waals surface area contributed by atoms with Crippen molar-refractivity contribution in [2.75, 3.05) is 5.73 Å². The molecule has 0 aromatic carbocycles. The summed E-state index contributed by atoms with van der Waals surface area (Å²) in [6.07, 6.45) is 1.43. The number of rotatable bonds is 4. The van der Waals surface area contributed by atoms with E-state index in [2.05, 4.69) is 30.8 Å². The van der Waals surface area contributed by atoms with Gasteiger partial charge in [-0.25, -0.2) is 18.1 Å². The molecule has 2 aromatic heterocycles. The molecule has 2 heterocycles. The van der Waals surface area contributed by atoms with E-state index >= 15 is 0 Å². The third kappa shape index (κ3) is 3.00. The maximum atomic E-state index is 12.2. The van der Waals surface area contributed by atoms with Gasteiger partial charge in [-0.3, -0.25) is 0 Å². The first-order valence-electron chi connectivity index (χ1n) is 5.63. The Morgan fingerprint density at radius 1 is 1.45 bits per heavy atom. The summed E-state index contributed by atoms with van der Waals surface area (Å²) in [4.78, 5) is 3.74. The van der Waals surface area contributed by atoms with Gasteiger partial charge in [0.15, 0.2) is 0 Å². The van der Waals surface area contributed by atoms with Gasteiger partial charge in [-0.1, -0.05) is 5.16 Å². The molecule has 0 radical (unpaired) electrons. The second-order valence-corrected chi connectivity index (χ2v) is 6.82. The molecule has 0 aliphatic rings. The Morgan fingerprint density at radius 2 is 2.15 bits per heavy atom. The first-order chi connectivity index (χ1) is 9.31. The van der Waals surface area contributed by atoms with Gasteiger partial charge < -0.3 is 10.3 Å². The van der Waals surface area contributed by atoms with Gasteiger partial charge in [0.1, 0.15) is 16.5 Å². The van der Waals surface area contributed by atoms with Crippen LogP contribution in [0.1, 0.15) is 17.0 Å². The SMILES string of the molecule is Cc1noc(C)c1CNS(=O)(=O)c1cc(Br)cnc1N. The van der Waals surface area contributed by atoms with Crippen LogP contribution in [0.3, 0.4) is 0 Å². The number of nitrogens with two attached hydrogens (primary N) is 1. The highest BCUT2D eigenvalue weighted by atomic mass is 79.9. The highest BCUT2D eigenvalue weighted by molar-refractivity contribution is 9.10. The largest absolute Gasteiger partial charge is 0.383 e. The van der Waals surface area contributed by atoms with Gasteiger partial charge in [-0.2, -0.15) is 0 Å². The Labute approximate surface area is 124 Å². The molecule has 0 saturated heterocycles. The summed E-state index contributed by atoms with van der Waals surface area (Å²) in [5.74, 6) is 0.519. The van der Waals surface area contributed by atoms with E-state index in [9.17, 15) is 8.42 Å². The van der Waals surface area contributed by atoms with E-state index in [1.807, 2.05) is 0 Å². The van der Waals surface area contributed by atoms with Gasteiger partial charge in [0, 0.05) is 22.8 Å². The number of pyridine rings is 1. The third-order valence-corrected chi connectivity index (χ3v) is 4.62. The van der Waals surface area contributed by atoms with Crippen molar-refractivity contribution in [2.45, 2.75) is 25.3 Å². The Kier molecular flexibility index (Phi) is 4.11. The summed E-state index contributed by atoms with van der Waals surface area (Å²) in [5, 5.41) is 3.77. The predicted octanol–water partition coefficient (Wildman–Crippen LogP) is 1.51. The van der Waals surface area contributed by atoms with Gasteiger partial charge in [0.2, 0.25) is 10.0 Å². The van der Waals surface area contributed by atoms with Crippen LogP contribution in [-0.2, 0) is 16.6 Å². The standard InChI is InChI=1S/C11H13BrN4O3S/c1-6-9(7(2)19-16-6)5-15-20(17,18)10-3-8(12)4-14-11(10)13/h3-4,15H,5H2,1-2H3,(H2,13,14). The average molecular weight is 361 g/mol. The summed E-state index contributed by atoms with van der Waals surface area (Å²) >= 11 is 3.17. The normalized spacial score (nSPS) is 11.8. The van der Waals surface area contributed by atoms with Crippen LogP contribution in [0.15, 0.2) is 26.2 Å². The third-order valence-electron chi connectivity index (χ3n) is 2.76. The minimum absolute atomic E-state index is 0.0561. The number of aryl methyl sites for hydroxylation is 2. The maximum Gasteiger partial charge on any atom is 0.244 e. The molecular formula is C11H13BrN4O3S. The molecule has 0 unspecified atom stereocenters. The smallest absolute Gasteiger partial charge is 0.244 e. The molecule has 0 saturated carbocycles. The van der Waals surface area contributed by atoms with E-state index in [-0.39, 0.29) is 17.3 Å². The molecule has 0 atom stereocenters. The number of aromatic nitrogens is 2. The summed E-state index contributed by atoms with van der Waals surface area (Å²) in [6, 6.07) is 1.40. The van der Waals surface area contributed by atoms with Gasteiger partial charge in [0.05, 0.1) is 5.69 Å². The lowest BCUT2D eigenvalue weighted by molar-refractivity contribution is 0.392. The average Bonchev–Trinajstić information content (AvgIpc) is 2.69. The van der Waals surface area contributed by atoms with Crippen molar-refractivity contribution in [2.24, 2.45) is 0 Å². The van der Waals surface area contributed by atoms with Crippen LogP contribution in [0.2, 0.25) is 0 Å². The molecule has 20 heavy (non-hydrogen) atoms. The first kappa shape index (κ1) is 14.9. The quantitative estimate of drug-likeness (QED) is 0.854. The molecule has 7 nitrogen and oxygen atoms in total. The van der Waals surface area contributed by atoms with Gasteiger partial charge in [-0.15, -0.1) is 0 Å². The Morgan fingerprint density at radius 3 is 2.75 bits per heavy atom. The fourth-order valence-corrected chi connectivity index (χ4v) is 3.23. The lowest BCUT2D eigenvalue weighted by atomic mass is 10.2. The Bertz CT molecular complexity index is 723. The predicted molar refractivity (Wildman–Crippen MR) is 76.4 cm³/mol. The van der Waals surface area contributed by atoms with Crippen molar-refractivity contribution in [1.82, 2.24) is 14.9 Å². The van der Waals surface area contributed by atoms with Gasteiger partial charge in [0.25, 0.3) is 0 Å². The van der Waals surface area contributed by atoms with E-state index in [1.54, 1.807) is 13.8 Å². The molecular weight excluding hydrogens is 348 g/mol. The fourth-order valence-electron chi connectivity index (χ4n) is 1.65. The minimum Gasteiger partial charge on any atom is -0.383 e. The fraction of sp³-hybridized carbons (Fsp3) is 0.273. The summed E-state index contributed by atoms with van der Waals surface area (Å²) in [6.45, 7) is 3.54. The molecule has 0 aliphatic carbocycles. The van der Waals surface area contributed by atoms with Crippen LogP contribution in [-0.4, -0.2) is 18.6 Å². The van der Waals surface area contributed by atoms with Crippen molar-refractivity contribution in [3.63, 3.8) is 0 Å². The van der Waals surface area contributed by atoms with Crippen LogP contribution in [0, 0.1) is 13.8 Å². The molecule has 9 heteroatoms. The first-order valence-corrected chi connectivity index (χ1v) is 7.91. The van der Waals surface area contributed by atoms with E-state index in [4.69, 9.17) is 10.3 Å². The zero-order chi connectivity index (χ0) is 14.9. The second kappa shape index (κ2) is 5.51. The summed E-state index contributed by atoms with van der Waals surface area (Å²) < 4.78 is 32.4. The molecule has 2 rings (SSSR count). The maximum absolute atomic E-state index is 12.2. The highest BCUT2D eigenvalue weighted by Crippen LogP contribution is 2.21. The number of nitrogens with zero attached hydrogens (tertiary/aromatic N) is 2. The number of halogens is 1. The molecule has 108 valence electrons. The van der Waals surface area contributed by atoms with Gasteiger partial charge in [-0.05, 0) is 35.8 Å². The molecule has 0 aliphatic heterocycles. The van der Waals surface area contributed by atoms with E-state index in [0.717, 1.165) is 0 Å². The lowest BCUT2D eigenvalue weighted by Gasteiger charge is -2.08. The minimum atomic E-state index is -3.76. The highest BCUT2D eigenvalue weighted by Gasteiger charge is 2.20. The van der Waals surface area contributed by atoms with Gasteiger partial charge >= 0.3 is 0 Å². The zero-order valence-electron chi connectivity index (χ0n) is 10.8. The monoisotopic (exact) mass is 360 g/mol. The lowest BCUT2D eigenvalue weighted by Crippen LogP contribution is -2.25. The van der Waals surface area contributed by atoms with Crippen molar-refractivity contribution in [3.8, 4) is 0 Å². The van der Waals surface area contributed by atoms with E-state index in [1.165, 1.54) is 12.3 Å².